The Bertz CT molecular complexity index is 322. The molecule has 0 aromatic rings. The molecule has 0 N–H and O–H groups in total. The summed E-state index contributed by atoms with van der Waals surface area (Å²) in [4.78, 5) is 15.9. The fourth-order valence-corrected chi connectivity index (χ4v) is 1.93. The molecule has 0 spiro atoms. The molecule has 0 radical (unpaired) electrons. The summed E-state index contributed by atoms with van der Waals surface area (Å²) in [5.41, 5.74) is 7.95. The van der Waals surface area contributed by atoms with Crippen molar-refractivity contribution in [2.75, 3.05) is 13.1 Å². The summed E-state index contributed by atoms with van der Waals surface area (Å²) in [5, 5.41) is 3.47. The first-order valence-electron chi connectivity index (χ1n) is 5.59. The number of nitrogens with zero attached hydrogens (tertiary/aromatic N) is 4. The quantitative estimate of drug-likeness (QED) is 0.163. The highest BCUT2D eigenvalue weighted by molar-refractivity contribution is 5.85. The fraction of sp³-hybridized carbons (Fsp3) is 0.727. The van der Waals surface area contributed by atoms with E-state index in [4.69, 9.17) is 5.53 Å². The van der Waals surface area contributed by atoms with E-state index in [9.17, 15) is 4.79 Å². The standard InChI is InChI=1S/C11H18N4O/c1-3-11(2)9-10(16)15(11)8-6-4-5-7-13-14-12/h3H,1,4-9H2,2H3. The van der Waals surface area contributed by atoms with E-state index in [1.807, 2.05) is 17.9 Å². The summed E-state index contributed by atoms with van der Waals surface area (Å²) in [6.45, 7) is 7.11. The molecule has 1 saturated heterocycles. The molecule has 1 unspecified atom stereocenters. The maximum absolute atomic E-state index is 11.4. The zero-order valence-electron chi connectivity index (χ0n) is 9.72. The van der Waals surface area contributed by atoms with Crippen LogP contribution in [-0.2, 0) is 4.79 Å². The molecule has 1 atom stereocenters. The molecule has 1 rings (SSSR count). The molecule has 0 bridgehead atoms. The first kappa shape index (κ1) is 12.6. The average Bonchev–Trinajstić information content (AvgIpc) is 2.27. The number of β-lactam (4-membered cyclic amide) rings is 1. The van der Waals surface area contributed by atoms with Crippen molar-refractivity contribution in [2.45, 2.75) is 38.1 Å². The Kier molecular flexibility index (Phi) is 4.38. The minimum absolute atomic E-state index is 0.137. The zero-order chi connectivity index (χ0) is 12.0. The Hall–Kier alpha value is -1.48. The summed E-state index contributed by atoms with van der Waals surface area (Å²) >= 11 is 0. The van der Waals surface area contributed by atoms with Gasteiger partial charge < -0.3 is 4.90 Å². The topological polar surface area (TPSA) is 69.1 Å². The van der Waals surface area contributed by atoms with Crippen LogP contribution < -0.4 is 0 Å². The highest BCUT2D eigenvalue weighted by Gasteiger charge is 2.43. The van der Waals surface area contributed by atoms with Gasteiger partial charge in [-0.15, -0.1) is 6.58 Å². The van der Waals surface area contributed by atoms with E-state index in [0.717, 1.165) is 25.8 Å². The van der Waals surface area contributed by atoms with Crippen molar-refractivity contribution in [3.05, 3.63) is 23.1 Å². The first-order valence-corrected chi connectivity index (χ1v) is 5.59. The summed E-state index contributed by atoms with van der Waals surface area (Å²) < 4.78 is 0. The van der Waals surface area contributed by atoms with Gasteiger partial charge in [-0.25, -0.2) is 0 Å². The van der Waals surface area contributed by atoms with Gasteiger partial charge in [0.05, 0.1) is 12.0 Å². The van der Waals surface area contributed by atoms with Crippen molar-refractivity contribution in [2.24, 2.45) is 5.11 Å². The molecule has 1 heterocycles. The molecule has 1 aliphatic heterocycles. The van der Waals surface area contributed by atoms with E-state index in [1.165, 1.54) is 0 Å². The molecule has 88 valence electrons. The molecule has 0 aromatic heterocycles. The molecule has 5 nitrogen and oxygen atoms in total. The Morgan fingerprint density at radius 3 is 2.94 bits per heavy atom. The van der Waals surface area contributed by atoms with Crippen LogP contribution in [0.4, 0.5) is 0 Å². The Balaban J connectivity index is 2.19. The molecule has 5 heteroatoms. The van der Waals surface area contributed by atoms with E-state index in [2.05, 4.69) is 16.6 Å². The third kappa shape index (κ3) is 2.76. The molecule has 0 saturated carbocycles. The number of rotatable bonds is 7. The lowest BCUT2D eigenvalue weighted by Crippen LogP contribution is -2.60. The summed E-state index contributed by atoms with van der Waals surface area (Å²) in [5.74, 6) is 0.206. The second-order valence-electron chi connectivity index (χ2n) is 4.30. The van der Waals surface area contributed by atoms with Gasteiger partial charge in [0.1, 0.15) is 0 Å². The lowest BCUT2D eigenvalue weighted by atomic mass is 9.85. The monoisotopic (exact) mass is 222 g/mol. The van der Waals surface area contributed by atoms with Crippen LogP contribution in [0.3, 0.4) is 0 Å². The summed E-state index contributed by atoms with van der Waals surface area (Å²) in [6, 6.07) is 0. The number of likely N-dealkylation sites (tertiary alicyclic amines) is 1. The van der Waals surface area contributed by atoms with E-state index in [1.54, 1.807) is 0 Å². The van der Waals surface area contributed by atoms with Gasteiger partial charge in [0.2, 0.25) is 5.91 Å². The van der Waals surface area contributed by atoms with Crippen LogP contribution in [0.1, 0.15) is 32.6 Å². The molecular weight excluding hydrogens is 204 g/mol. The normalized spacial score (nSPS) is 23.6. The second-order valence-corrected chi connectivity index (χ2v) is 4.30. The number of carbonyl (C=O) groups is 1. The van der Waals surface area contributed by atoms with E-state index in [0.29, 0.717) is 13.0 Å². The van der Waals surface area contributed by atoms with Gasteiger partial charge in [-0.2, -0.15) is 0 Å². The number of carbonyl (C=O) groups excluding carboxylic acids is 1. The maximum atomic E-state index is 11.4. The van der Waals surface area contributed by atoms with E-state index < -0.39 is 0 Å². The number of amides is 1. The number of unbranched alkanes of at least 4 members (excludes halogenated alkanes) is 2. The molecule has 0 aliphatic carbocycles. The van der Waals surface area contributed by atoms with Crippen LogP contribution in [0.25, 0.3) is 10.4 Å². The Morgan fingerprint density at radius 2 is 2.38 bits per heavy atom. The number of hydrogen-bond donors (Lipinski definition) is 0. The number of hydrogen-bond acceptors (Lipinski definition) is 2. The van der Waals surface area contributed by atoms with Gasteiger partial charge in [-0.05, 0) is 25.3 Å². The van der Waals surface area contributed by atoms with Gasteiger partial charge in [-0.3, -0.25) is 4.79 Å². The minimum atomic E-state index is -0.137. The van der Waals surface area contributed by atoms with Crippen LogP contribution in [0, 0.1) is 0 Å². The minimum Gasteiger partial charge on any atom is -0.333 e. The van der Waals surface area contributed by atoms with Crippen LogP contribution >= 0.6 is 0 Å². The highest BCUT2D eigenvalue weighted by atomic mass is 16.2. The summed E-state index contributed by atoms with van der Waals surface area (Å²) in [7, 11) is 0. The molecule has 1 amide bonds. The Labute approximate surface area is 95.7 Å². The lowest BCUT2D eigenvalue weighted by Gasteiger charge is -2.48. The van der Waals surface area contributed by atoms with Crippen LogP contribution in [0.15, 0.2) is 17.8 Å². The first-order chi connectivity index (χ1) is 7.64. The van der Waals surface area contributed by atoms with Gasteiger partial charge >= 0.3 is 0 Å². The van der Waals surface area contributed by atoms with Crippen molar-refractivity contribution in [1.29, 1.82) is 0 Å². The van der Waals surface area contributed by atoms with Crippen molar-refractivity contribution in [1.82, 2.24) is 4.90 Å². The van der Waals surface area contributed by atoms with Gasteiger partial charge in [0.15, 0.2) is 0 Å². The molecule has 1 fully saturated rings. The predicted octanol–water partition coefficient (Wildman–Crippen LogP) is 2.64. The van der Waals surface area contributed by atoms with Crippen molar-refractivity contribution in [3.8, 4) is 0 Å². The molecule has 0 aromatic carbocycles. The van der Waals surface area contributed by atoms with E-state index in [-0.39, 0.29) is 11.4 Å². The van der Waals surface area contributed by atoms with Crippen molar-refractivity contribution < 1.29 is 4.79 Å². The van der Waals surface area contributed by atoms with Crippen LogP contribution in [0.5, 0.6) is 0 Å². The van der Waals surface area contributed by atoms with Gasteiger partial charge in [0.25, 0.3) is 0 Å². The average molecular weight is 222 g/mol. The Morgan fingerprint density at radius 1 is 1.62 bits per heavy atom. The molecule has 1 aliphatic rings. The summed E-state index contributed by atoms with van der Waals surface area (Å²) in [6.07, 6.45) is 5.24. The van der Waals surface area contributed by atoms with Crippen molar-refractivity contribution >= 4 is 5.91 Å². The van der Waals surface area contributed by atoms with E-state index >= 15 is 0 Å². The van der Waals surface area contributed by atoms with Crippen molar-refractivity contribution in [3.63, 3.8) is 0 Å². The predicted molar refractivity (Wildman–Crippen MR) is 62.8 cm³/mol. The maximum Gasteiger partial charge on any atom is 0.225 e. The smallest absolute Gasteiger partial charge is 0.225 e. The number of azide groups is 1. The third-order valence-corrected chi connectivity index (χ3v) is 3.07. The SMILES string of the molecule is C=CC1(C)CC(=O)N1CCCCCN=[N+]=[N-]. The largest absolute Gasteiger partial charge is 0.333 e. The molecule has 16 heavy (non-hydrogen) atoms. The molecular formula is C11H18N4O. The zero-order valence-corrected chi connectivity index (χ0v) is 9.72. The highest BCUT2D eigenvalue weighted by Crippen LogP contribution is 2.32. The fourth-order valence-electron chi connectivity index (χ4n) is 1.93. The van der Waals surface area contributed by atoms with Gasteiger partial charge in [0, 0.05) is 18.0 Å². The van der Waals surface area contributed by atoms with Crippen LogP contribution in [0.2, 0.25) is 0 Å². The van der Waals surface area contributed by atoms with Gasteiger partial charge in [-0.1, -0.05) is 17.6 Å². The second kappa shape index (κ2) is 5.56. The van der Waals surface area contributed by atoms with Crippen LogP contribution in [-0.4, -0.2) is 29.4 Å². The lowest BCUT2D eigenvalue weighted by molar-refractivity contribution is -0.150. The third-order valence-electron chi connectivity index (χ3n) is 3.07.